The molecule has 0 aromatic rings. The Kier molecular flexibility index (Phi) is 6.70. The third-order valence-corrected chi connectivity index (χ3v) is 9.61. The van der Waals surface area contributed by atoms with Crippen LogP contribution in [0.25, 0.3) is 0 Å². The first kappa shape index (κ1) is 19.7. The zero-order valence-electron chi connectivity index (χ0n) is 15.5. The lowest BCUT2D eigenvalue weighted by Gasteiger charge is -2.41. The SMILES string of the molecule is C#CC[C@H](C)[C@H](CCC1(C)OCCO1)O[Si](C)(C)C(C)(C)C. The summed E-state index contributed by atoms with van der Waals surface area (Å²) in [5.74, 6) is 2.68. The standard InChI is InChI=1S/C18H34O3Si/c1-9-10-15(2)16(21-22(7,8)17(3,4)5)11-12-18(6)19-13-14-20-18/h1,15-16H,10-14H2,2-8H3/t15-,16-/m0/s1. The van der Waals surface area contributed by atoms with Gasteiger partial charge in [0.2, 0.25) is 0 Å². The van der Waals surface area contributed by atoms with Crippen molar-refractivity contribution in [2.45, 2.75) is 83.9 Å². The Morgan fingerprint density at radius 3 is 2.27 bits per heavy atom. The third kappa shape index (κ3) is 5.38. The lowest BCUT2D eigenvalue weighted by molar-refractivity contribution is -0.151. The molecule has 1 saturated heterocycles. The molecule has 3 nitrogen and oxygen atoms in total. The summed E-state index contributed by atoms with van der Waals surface area (Å²) in [6, 6.07) is 0. The van der Waals surface area contributed by atoms with Crippen LogP contribution in [0.15, 0.2) is 0 Å². The summed E-state index contributed by atoms with van der Waals surface area (Å²) in [4.78, 5) is 0. The Morgan fingerprint density at radius 2 is 1.82 bits per heavy atom. The smallest absolute Gasteiger partial charge is 0.192 e. The van der Waals surface area contributed by atoms with E-state index in [0.717, 1.165) is 19.3 Å². The Hall–Kier alpha value is -0.343. The van der Waals surface area contributed by atoms with E-state index in [1.807, 2.05) is 6.92 Å². The molecule has 4 heteroatoms. The molecule has 0 unspecified atom stereocenters. The number of terminal acetylenes is 1. The summed E-state index contributed by atoms with van der Waals surface area (Å²) < 4.78 is 18.1. The van der Waals surface area contributed by atoms with Crippen LogP contribution in [0.5, 0.6) is 0 Å². The monoisotopic (exact) mass is 326 g/mol. The molecule has 0 amide bonds. The molecule has 0 N–H and O–H groups in total. The topological polar surface area (TPSA) is 27.7 Å². The zero-order chi connectivity index (χ0) is 17.0. The van der Waals surface area contributed by atoms with Gasteiger partial charge in [0.1, 0.15) is 0 Å². The fourth-order valence-electron chi connectivity index (χ4n) is 2.44. The van der Waals surface area contributed by atoms with Crippen molar-refractivity contribution in [2.24, 2.45) is 5.92 Å². The quantitative estimate of drug-likeness (QED) is 0.506. The summed E-state index contributed by atoms with van der Waals surface area (Å²) in [7, 11) is -1.81. The second-order valence-electron chi connectivity index (χ2n) is 8.17. The van der Waals surface area contributed by atoms with E-state index in [4.69, 9.17) is 20.3 Å². The Labute approximate surface area is 138 Å². The van der Waals surface area contributed by atoms with Crippen LogP contribution in [-0.2, 0) is 13.9 Å². The molecule has 1 rings (SSSR count). The van der Waals surface area contributed by atoms with Crippen LogP contribution in [0.3, 0.4) is 0 Å². The Bertz CT molecular complexity index is 386. The van der Waals surface area contributed by atoms with Crippen molar-refractivity contribution in [1.29, 1.82) is 0 Å². The van der Waals surface area contributed by atoms with Gasteiger partial charge in [0, 0.05) is 18.9 Å². The molecule has 1 aliphatic heterocycles. The van der Waals surface area contributed by atoms with Crippen LogP contribution in [0, 0.1) is 18.3 Å². The van der Waals surface area contributed by atoms with E-state index in [0.29, 0.717) is 19.1 Å². The predicted molar refractivity (Wildman–Crippen MR) is 94.2 cm³/mol. The van der Waals surface area contributed by atoms with E-state index in [-0.39, 0.29) is 11.1 Å². The van der Waals surface area contributed by atoms with Crippen LogP contribution in [0.2, 0.25) is 18.1 Å². The van der Waals surface area contributed by atoms with E-state index < -0.39 is 14.1 Å². The van der Waals surface area contributed by atoms with Crippen LogP contribution in [0.1, 0.15) is 53.9 Å². The summed E-state index contributed by atoms with van der Waals surface area (Å²) >= 11 is 0. The summed E-state index contributed by atoms with van der Waals surface area (Å²) in [5, 5.41) is 0.200. The molecule has 0 bridgehead atoms. The second-order valence-corrected chi connectivity index (χ2v) is 12.9. The average Bonchev–Trinajstić information content (AvgIpc) is 2.80. The molecule has 0 radical (unpaired) electrons. The van der Waals surface area contributed by atoms with Gasteiger partial charge in [-0.3, -0.25) is 0 Å². The number of hydrogen-bond donors (Lipinski definition) is 0. The van der Waals surface area contributed by atoms with E-state index in [1.54, 1.807) is 0 Å². The molecule has 0 aromatic heterocycles. The molecule has 0 spiro atoms. The van der Waals surface area contributed by atoms with E-state index in [1.165, 1.54) is 0 Å². The minimum absolute atomic E-state index is 0.168. The number of rotatable bonds is 7. The van der Waals surface area contributed by atoms with Gasteiger partial charge in [-0.1, -0.05) is 27.7 Å². The highest BCUT2D eigenvalue weighted by atomic mass is 28.4. The first-order chi connectivity index (χ1) is 10.0. The maximum atomic E-state index is 6.65. The molecule has 2 atom stereocenters. The van der Waals surface area contributed by atoms with Crippen molar-refractivity contribution in [2.75, 3.05) is 13.2 Å². The first-order valence-electron chi connectivity index (χ1n) is 8.40. The van der Waals surface area contributed by atoms with Crippen molar-refractivity contribution in [1.82, 2.24) is 0 Å². The highest BCUT2D eigenvalue weighted by molar-refractivity contribution is 6.74. The van der Waals surface area contributed by atoms with Gasteiger partial charge >= 0.3 is 0 Å². The van der Waals surface area contributed by atoms with Crippen molar-refractivity contribution in [3.63, 3.8) is 0 Å². The zero-order valence-corrected chi connectivity index (χ0v) is 16.5. The first-order valence-corrected chi connectivity index (χ1v) is 11.3. The normalized spacial score (nSPS) is 21.4. The minimum atomic E-state index is -1.81. The van der Waals surface area contributed by atoms with Gasteiger partial charge < -0.3 is 13.9 Å². The molecule has 1 fully saturated rings. The maximum Gasteiger partial charge on any atom is 0.192 e. The van der Waals surface area contributed by atoms with Crippen LogP contribution in [0.4, 0.5) is 0 Å². The van der Waals surface area contributed by atoms with Crippen molar-refractivity contribution < 1.29 is 13.9 Å². The molecular formula is C18H34O3Si. The Balaban J connectivity index is 2.74. The molecular weight excluding hydrogens is 292 g/mol. The Morgan fingerprint density at radius 1 is 1.27 bits per heavy atom. The predicted octanol–water partition coefficient (Wildman–Crippen LogP) is 4.58. The summed E-state index contributed by atoms with van der Waals surface area (Å²) in [6.45, 7) is 17.0. The van der Waals surface area contributed by atoms with Gasteiger partial charge in [-0.05, 0) is 37.4 Å². The largest absolute Gasteiger partial charge is 0.414 e. The van der Waals surface area contributed by atoms with Gasteiger partial charge in [-0.2, -0.15) is 0 Å². The molecule has 1 aliphatic rings. The molecule has 0 aromatic carbocycles. The fraction of sp³-hybridized carbons (Fsp3) is 0.889. The molecule has 0 aliphatic carbocycles. The van der Waals surface area contributed by atoms with Crippen LogP contribution >= 0.6 is 0 Å². The lowest BCUT2D eigenvalue weighted by atomic mass is 9.95. The average molecular weight is 327 g/mol. The summed E-state index contributed by atoms with van der Waals surface area (Å²) in [5.41, 5.74) is 0. The lowest BCUT2D eigenvalue weighted by Crippen LogP contribution is -2.46. The highest BCUT2D eigenvalue weighted by Crippen LogP contribution is 2.39. The van der Waals surface area contributed by atoms with Crippen molar-refractivity contribution >= 4 is 8.32 Å². The minimum Gasteiger partial charge on any atom is -0.414 e. The van der Waals surface area contributed by atoms with Gasteiger partial charge in [0.25, 0.3) is 0 Å². The maximum absolute atomic E-state index is 6.65. The van der Waals surface area contributed by atoms with E-state index >= 15 is 0 Å². The van der Waals surface area contributed by atoms with Crippen molar-refractivity contribution in [3.05, 3.63) is 0 Å². The van der Waals surface area contributed by atoms with Gasteiger partial charge in [-0.15, -0.1) is 12.3 Å². The molecule has 128 valence electrons. The molecule has 1 heterocycles. The van der Waals surface area contributed by atoms with E-state index in [9.17, 15) is 0 Å². The second kappa shape index (κ2) is 7.48. The third-order valence-electron chi connectivity index (χ3n) is 5.11. The fourth-order valence-corrected chi connectivity index (χ4v) is 3.90. The van der Waals surface area contributed by atoms with Crippen LogP contribution in [-0.4, -0.2) is 33.4 Å². The molecule has 22 heavy (non-hydrogen) atoms. The van der Waals surface area contributed by atoms with Crippen LogP contribution < -0.4 is 0 Å². The van der Waals surface area contributed by atoms with Gasteiger partial charge in [0.05, 0.1) is 13.2 Å². The van der Waals surface area contributed by atoms with Crippen molar-refractivity contribution in [3.8, 4) is 12.3 Å². The van der Waals surface area contributed by atoms with Gasteiger partial charge in [0.15, 0.2) is 14.1 Å². The summed E-state index contributed by atoms with van der Waals surface area (Å²) in [6.07, 6.45) is 8.20. The van der Waals surface area contributed by atoms with E-state index in [2.05, 4.69) is 46.7 Å². The molecule has 0 saturated carbocycles. The van der Waals surface area contributed by atoms with Gasteiger partial charge in [-0.25, -0.2) is 0 Å². The highest BCUT2D eigenvalue weighted by Gasteiger charge is 2.41. The number of hydrogen-bond acceptors (Lipinski definition) is 3. The number of ether oxygens (including phenoxy) is 2.